The van der Waals surface area contributed by atoms with Crippen LogP contribution in [0.2, 0.25) is 0 Å². The molecular weight excluding hydrogens is 248 g/mol. The van der Waals surface area contributed by atoms with Crippen molar-refractivity contribution in [2.24, 2.45) is 0 Å². The summed E-state index contributed by atoms with van der Waals surface area (Å²) >= 11 is 7.10. The number of unbranched alkanes of at least 4 members (excludes halogenated alkanes) is 1. The monoisotopic (exact) mass is 262 g/mol. The number of halogens is 1. The lowest BCUT2D eigenvalue weighted by Crippen LogP contribution is -2.27. The summed E-state index contributed by atoms with van der Waals surface area (Å²) in [4.78, 5) is 21.5. The topological polar surface area (TPSA) is 58.2 Å². The smallest absolute Gasteiger partial charge is 0.316 e. The van der Waals surface area contributed by atoms with E-state index >= 15 is 0 Å². The molecule has 2 N–H and O–H groups in total. The third-order valence-electron chi connectivity index (χ3n) is 2.96. The van der Waals surface area contributed by atoms with Crippen LogP contribution in [0, 0.1) is 0 Å². The van der Waals surface area contributed by atoms with Crippen LogP contribution in [0.4, 0.5) is 4.79 Å². The number of carbonyl (C=O) groups is 2. The Morgan fingerprint density at radius 2 is 2.25 bits per heavy atom. The van der Waals surface area contributed by atoms with Gasteiger partial charge in [0.15, 0.2) is 0 Å². The lowest BCUT2D eigenvalue weighted by atomic mass is 10.1. The van der Waals surface area contributed by atoms with Gasteiger partial charge in [-0.1, -0.05) is 6.42 Å². The predicted molar refractivity (Wildman–Crippen MR) is 64.6 cm³/mol. The van der Waals surface area contributed by atoms with E-state index in [0.717, 1.165) is 25.7 Å². The molecular formula is C10H15ClN2O2S. The van der Waals surface area contributed by atoms with E-state index in [9.17, 15) is 9.59 Å². The summed E-state index contributed by atoms with van der Waals surface area (Å²) in [6.07, 6.45) is 4.50. The second-order valence-electron chi connectivity index (χ2n) is 4.24. The molecule has 2 heterocycles. The van der Waals surface area contributed by atoms with Gasteiger partial charge in [-0.25, -0.2) is 4.79 Å². The summed E-state index contributed by atoms with van der Waals surface area (Å²) in [6.45, 7) is 0. The van der Waals surface area contributed by atoms with Crippen molar-refractivity contribution >= 4 is 34.6 Å². The quantitative estimate of drug-likeness (QED) is 0.587. The summed E-state index contributed by atoms with van der Waals surface area (Å²) in [7, 11) is 0. The van der Waals surface area contributed by atoms with Gasteiger partial charge in [0.2, 0.25) is 5.24 Å². The average Bonchev–Trinajstić information content (AvgIpc) is 2.68. The molecule has 0 bridgehead atoms. The highest BCUT2D eigenvalue weighted by atomic mass is 35.5. The normalized spacial score (nSPS) is 32.1. The standard InChI is InChI=1S/C10H15ClN2O2S/c11-8(14)4-2-1-3-6-5-7-9(16-6)13-10(15)12-7/h6-7,9H,1-5H2,(H2,12,13,15)/t6-,7+,9-/m1/s1. The van der Waals surface area contributed by atoms with Gasteiger partial charge in [-0.3, -0.25) is 4.79 Å². The van der Waals surface area contributed by atoms with Crippen molar-refractivity contribution in [3.8, 4) is 0 Å². The van der Waals surface area contributed by atoms with Crippen LogP contribution in [0.25, 0.3) is 0 Å². The summed E-state index contributed by atoms with van der Waals surface area (Å²) < 4.78 is 0. The van der Waals surface area contributed by atoms with Gasteiger partial charge in [-0.05, 0) is 30.9 Å². The summed E-state index contributed by atoms with van der Waals surface area (Å²) in [5.41, 5.74) is 0. The van der Waals surface area contributed by atoms with Crippen molar-refractivity contribution in [1.29, 1.82) is 0 Å². The van der Waals surface area contributed by atoms with Gasteiger partial charge in [-0.2, -0.15) is 0 Å². The molecule has 0 aliphatic carbocycles. The van der Waals surface area contributed by atoms with E-state index in [2.05, 4.69) is 10.6 Å². The van der Waals surface area contributed by atoms with Gasteiger partial charge >= 0.3 is 6.03 Å². The number of amides is 2. The minimum atomic E-state index is -0.245. The molecule has 90 valence electrons. The summed E-state index contributed by atoms with van der Waals surface area (Å²) in [5.74, 6) is 0. The Labute approximate surface area is 104 Å². The Balaban J connectivity index is 1.63. The van der Waals surface area contributed by atoms with Crippen molar-refractivity contribution in [3.05, 3.63) is 0 Å². The third-order valence-corrected chi connectivity index (χ3v) is 4.70. The van der Waals surface area contributed by atoms with Gasteiger partial charge in [-0.15, -0.1) is 11.8 Å². The van der Waals surface area contributed by atoms with E-state index < -0.39 is 0 Å². The molecule has 2 rings (SSSR count). The Hall–Kier alpha value is -0.420. The fourth-order valence-corrected chi connectivity index (χ4v) is 3.91. The second-order valence-corrected chi connectivity index (χ2v) is 6.11. The third kappa shape index (κ3) is 3.04. The SMILES string of the molecule is O=C(Cl)CCCC[C@@H]1C[C@@H]2NC(=O)N[C@@H]2S1. The number of fused-ring (bicyclic) bond motifs is 1. The number of carbonyl (C=O) groups excluding carboxylic acids is 2. The molecule has 0 aromatic rings. The first kappa shape index (κ1) is 12.0. The molecule has 2 aliphatic rings. The van der Waals surface area contributed by atoms with Crippen LogP contribution in [0.3, 0.4) is 0 Å². The van der Waals surface area contributed by atoms with Crippen molar-refractivity contribution in [2.75, 3.05) is 0 Å². The van der Waals surface area contributed by atoms with Crippen LogP contribution < -0.4 is 10.6 Å². The van der Waals surface area contributed by atoms with Gasteiger partial charge in [0.1, 0.15) is 0 Å². The van der Waals surface area contributed by atoms with E-state index in [1.807, 2.05) is 11.8 Å². The number of thioether (sulfide) groups is 1. The van der Waals surface area contributed by atoms with Crippen LogP contribution in [0.1, 0.15) is 32.1 Å². The molecule has 0 saturated carbocycles. The minimum absolute atomic E-state index is 0.0475. The zero-order valence-electron chi connectivity index (χ0n) is 8.87. The Morgan fingerprint density at radius 3 is 2.94 bits per heavy atom. The molecule has 4 nitrogen and oxygen atoms in total. The summed E-state index contributed by atoms with van der Waals surface area (Å²) in [5, 5.41) is 6.39. The van der Waals surface area contributed by atoms with Crippen molar-refractivity contribution in [3.63, 3.8) is 0 Å². The van der Waals surface area contributed by atoms with Gasteiger partial charge in [0.25, 0.3) is 0 Å². The van der Waals surface area contributed by atoms with Crippen molar-refractivity contribution in [1.82, 2.24) is 10.6 Å². The average molecular weight is 263 g/mol. The number of hydrogen-bond acceptors (Lipinski definition) is 3. The molecule has 3 atom stereocenters. The first-order chi connectivity index (χ1) is 7.65. The number of hydrogen-bond donors (Lipinski definition) is 2. The Morgan fingerprint density at radius 1 is 1.44 bits per heavy atom. The second kappa shape index (κ2) is 5.27. The molecule has 6 heteroatoms. The molecule has 0 spiro atoms. The van der Waals surface area contributed by atoms with Crippen LogP contribution in [-0.2, 0) is 4.79 Å². The summed E-state index contributed by atoms with van der Waals surface area (Å²) in [6, 6.07) is 0.242. The molecule has 0 aromatic heterocycles. The van der Waals surface area contributed by atoms with E-state index in [0.29, 0.717) is 11.7 Å². The molecule has 0 aromatic carbocycles. The van der Waals surface area contributed by atoms with E-state index in [-0.39, 0.29) is 22.7 Å². The minimum Gasteiger partial charge on any atom is -0.332 e. The lowest BCUT2D eigenvalue weighted by molar-refractivity contribution is -0.111. The highest BCUT2D eigenvalue weighted by Crippen LogP contribution is 2.37. The predicted octanol–water partition coefficient (Wildman–Crippen LogP) is 1.83. The largest absolute Gasteiger partial charge is 0.332 e. The molecule has 2 fully saturated rings. The van der Waals surface area contributed by atoms with Crippen molar-refractivity contribution in [2.45, 2.75) is 48.8 Å². The van der Waals surface area contributed by atoms with E-state index in [1.165, 1.54) is 0 Å². The molecule has 0 radical (unpaired) electrons. The number of urea groups is 1. The van der Waals surface area contributed by atoms with Crippen LogP contribution in [-0.4, -0.2) is 27.9 Å². The Kier molecular flexibility index (Phi) is 3.97. The van der Waals surface area contributed by atoms with Crippen LogP contribution in [0.15, 0.2) is 0 Å². The highest BCUT2D eigenvalue weighted by Gasteiger charge is 2.40. The molecule has 2 saturated heterocycles. The van der Waals surface area contributed by atoms with Crippen molar-refractivity contribution < 1.29 is 9.59 Å². The maximum Gasteiger partial charge on any atom is 0.316 e. The van der Waals surface area contributed by atoms with Crippen LogP contribution >= 0.6 is 23.4 Å². The lowest BCUT2D eigenvalue weighted by Gasteiger charge is -2.09. The molecule has 2 amide bonds. The van der Waals surface area contributed by atoms with Gasteiger partial charge < -0.3 is 10.6 Å². The zero-order chi connectivity index (χ0) is 11.5. The van der Waals surface area contributed by atoms with E-state index in [1.54, 1.807) is 0 Å². The zero-order valence-corrected chi connectivity index (χ0v) is 10.4. The first-order valence-electron chi connectivity index (χ1n) is 5.56. The highest BCUT2D eigenvalue weighted by molar-refractivity contribution is 8.00. The van der Waals surface area contributed by atoms with Gasteiger partial charge in [0, 0.05) is 11.7 Å². The fraction of sp³-hybridized carbons (Fsp3) is 0.800. The number of rotatable bonds is 5. The maximum atomic E-state index is 11.0. The molecule has 2 aliphatic heterocycles. The molecule has 16 heavy (non-hydrogen) atoms. The van der Waals surface area contributed by atoms with E-state index in [4.69, 9.17) is 11.6 Å². The van der Waals surface area contributed by atoms with Gasteiger partial charge in [0.05, 0.1) is 11.4 Å². The fourth-order valence-electron chi connectivity index (χ4n) is 2.19. The van der Waals surface area contributed by atoms with Crippen LogP contribution in [0.5, 0.6) is 0 Å². The number of nitrogens with one attached hydrogen (secondary N) is 2. The Bertz CT molecular complexity index is 285. The molecule has 0 unspecified atom stereocenters. The maximum absolute atomic E-state index is 11.0. The first-order valence-corrected chi connectivity index (χ1v) is 6.88.